The Morgan fingerprint density at radius 3 is 2.69 bits per heavy atom. The normalized spacial score (nSPS) is 25.8. The van der Waals surface area contributed by atoms with Gasteiger partial charge in [-0.2, -0.15) is 0 Å². The van der Waals surface area contributed by atoms with Gasteiger partial charge in [-0.3, -0.25) is 9.69 Å². The molecule has 0 bridgehead atoms. The molecule has 1 heterocycles. The van der Waals surface area contributed by atoms with Gasteiger partial charge in [0.2, 0.25) is 0 Å². The molecule has 1 aliphatic heterocycles. The minimum Gasteiger partial charge on any atom is -0.481 e. The van der Waals surface area contributed by atoms with Gasteiger partial charge in [0.15, 0.2) is 0 Å². The molecule has 1 fully saturated rings. The molecule has 1 aromatic rings. The molecule has 86 valence electrons. The summed E-state index contributed by atoms with van der Waals surface area (Å²) >= 11 is 0. The zero-order valence-electron chi connectivity index (χ0n) is 9.52. The van der Waals surface area contributed by atoms with Crippen molar-refractivity contribution in [3.8, 4) is 0 Å². The van der Waals surface area contributed by atoms with Gasteiger partial charge in [-0.25, -0.2) is 0 Å². The molecule has 0 unspecified atom stereocenters. The SMILES string of the molecule is C[C@]1(C(=O)O)CCN(Cc2ccccc2)C1. The first-order valence-corrected chi connectivity index (χ1v) is 5.60. The van der Waals surface area contributed by atoms with E-state index < -0.39 is 11.4 Å². The predicted octanol–water partition coefficient (Wildman–Crippen LogP) is 1.98. The maximum Gasteiger partial charge on any atom is 0.310 e. The van der Waals surface area contributed by atoms with Gasteiger partial charge < -0.3 is 5.11 Å². The third-order valence-corrected chi connectivity index (χ3v) is 3.32. The molecule has 1 atom stereocenters. The predicted molar refractivity (Wildman–Crippen MR) is 62.1 cm³/mol. The smallest absolute Gasteiger partial charge is 0.310 e. The van der Waals surface area contributed by atoms with E-state index in [4.69, 9.17) is 5.11 Å². The van der Waals surface area contributed by atoms with E-state index in [2.05, 4.69) is 17.0 Å². The van der Waals surface area contributed by atoms with E-state index in [1.807, 2.05) is 25.1 Å². The molecule has 0 aromatic heterocycles. The van der Waals surface area contributed by atoms with Crippen molar-refractivity contribution in [3.63, 3.8) is 0 Å². The highest BCUT2D eigenvalue weighted by molar-refractivity contribution is 5.74. The summed E-state index contributed by atoms with van der Waals surface area (Å²) < 4.78 is 0. The molecule has 3 heteroatoms. The third-order valence-electron chi connectivity index (χ3n) is 3.32. The van der Waals surface area contributed by atoms with Gasteiger partial charge in [0.1, 0.15) is 0 Å². The topological polar surface area (TPSA) is 40.5 Å². The third kappa shape index (κ3) is 2.25. The van der Waals surface area contributed by atoms with Crippen LogP contribution in [0.15, 0.2) is 30.3 Å². The lowest BCUT2D eigenvalue weighted by molar-refractivity contribution is -0.147. The number of carbonyl (C=O) groups is 1. The first kappa shape index (κ1) is 11.1. The Labute approximate surface area is 95.7 Å². The standard InChI is InChI=1S/C13H17NO2/c1-13(12(15)16)7-8-14(10-13)9-11-5-3-2-4-6-11/h2-6H,7-10H2,1H3,(H,15,16)/t13-/m0/s1. The van der Waals surface area contributed by atoms with Crippen LogP contribution in [0.5, 0.6) is 0 Å². The van der Waals surface area contributed by atoms with Crippen LogP contribution in [0.4, 0.5) is 0 Å². The Balaban J connectivity index is 1.98. The summed E-state index contributed by atoms with van der Waals surface area (Å²) in [5.74, 6) is -0.678. The van der Waals surface area contributed by atoms with Crippen molar-refractivity contribution in [1.29, 1.82) is 0 Å². The van der Waals surface area contributed by atoms with Crippen LogP contribution in [0.25, 0.3) is 0 Å². The Morgan fingerprint density at radius 2 is 2.12 bits per heavy atom. The molecule has 0 radical (unpaired) electrons. The Hall–Kier alpha value is -1.35. The number of hydrogen-bond acceptors (Lipinski definition) is 2. The van der Waals surface area contributed by atoms with E-state index in [1.54, 1.807) is 0 Å². The lowest BCUT2D eigenvalue weighted by Crippen LogP contribution is -2.31. The van der Waals surface area contributed by atoms with Crippen molar-refractivity contribution in [3.05, 3.63) is 35.9 Å². The average Bonchev–Trinajstić information content (AvgIpc) is 2.63. The summed E-state index contributed by atoms with van der Waals surface area (Å²) in [6.07, 6.45) is 0.745. The van der Waals surface area contributed by atoms with Crippen molar-refractivity contribution in [2.75, 3.05) is 13.1 Å². The largest absolute Gasteiger partial charge is 0.481 e. The highest BCUT2D eigenvalue weighted by Gasteiger charge is 2.40. The number of aliphatic carboxylic acids is 1. The molecule has 0 aliphatic carbocycles. The van der Waals surface area contributed by atoms with E-state index in [1.165, 1.54) is 5.56 Å². The van der Waals surface area contributed by atoms with Gasteiger partial charge in [0, 0.05) is 13.1 Å². The Bertz CT molecular complexity index is 377. The number of carboxylic acid groups (broad SMARTS) is 1. The molecule has 0 spiro atoms. The summed E-state index contributed by atoms with van der Waals surface area (Å²) in [5.41, 5.74) is 0.687. The minimum absolute atomic E-state index is 0.561. The second-order valence-electron chi connectivity index (χ2n) is 4.81. The van der Waals surface area contributed by atoms with Gasteiger partial charge in [-0.1, -0.05) is 30.3 Å². The summed E-state index contributed by atoms with van der Waals surface area (Å²) in [6.45, 7) is 4.21. The zero-order chi connectivity index (χ0) is 11.6. The minimum atomic E-state index is -0.678. The monoisotopic (exact) mass is 219 g/mol. The number of hydrogen-bond donors (Lipinski definition) is 1. The van der Waals surface area contributed by atoms with Crippen LogP contribution in [-0.2, 0) is 11.3 Å². The quantitative estimate of drug-likeness (QED) is 0.845. The lowest BCUT2D eigenvalue weighted by atomic mass is 9.90. The van der Waals surface area contributed by atoms with E-state index in [-0.39, 0.29) is 0 Å². The molecule has 0 saturated carbocycles. The van der Waals surface area contributed by atoms with Crippen molar-refractivity contribution in [2.24, 2.45) is 5.41 Å². The van der Waals surface area contributed by atoms with Crippen LogP contribution >= 0.6 is 0 Å². The van der Waals surface area contributed by atoms with Crippen LogP contribution in [0, 0.1) is 5.41 Å². The van der Waals surface area contributed by atoms with Gasteiger partial charge in [-0.15, -0.1) is 0 Å². The fourth-order valence-electron chi connectivity index (χ4n) is 2.21. The van der Waals surface area contributed by atoms with E-state index in [9.17, 15) is 4.79 Å². The van der Waals surface area contributed by atoms with Crippen LogP contribution in [0.2, 0.25) is 0 Å². The van der Waals surface area contributed by atoms with E-state index in [0.717, 1.165) is 19.5 Å². The maximum atomic E-state index is 11.1. The van der Waals surface area contributed by atoms with Crippen LogP contribution in [0.3, 0.4) is 0 Å². The first-order chi connectivity index (χ1) is 7.60. The maximum absolute atomic E-state index is 11.1. The molecular weight excluding hydrogens is 202 g/mol. The van der Waals surface area contributed by atoms with Crippen LogP contribution < -0.4 is 0 Å². The van der Waals surface area contributed by atoms with Crippen molar-refractivity contribution in [1.82, 2.24) is 4.90 Å². The number of nitrogens with zero attached hydrogens (tertiary/aromatic N) is 1. The average molecular weight is 219 g/mol. The highest BCUT2D eigenvalue weighted by Crippen LogP contribution is 2.30. The van der Waals surface area contributed by atoms with Gasteiger partial charge in [0.25, 0.3) is 0 Å². The number of benzene rings is 1. The van der Waals surface area contributed by atoms with Gasteiger partial charge >= 0.3 is 5.97 Å². The molecule has 16 heavy (non-hydrogen) atoms. The number of likely N-dealkylation sites (tertiary alicyclic amines) is 1. The van der Waals surface area contributed by atoms with Gasteiger partial charge in [0.05, 0.1) is 5.41 Å². The fraction of sp³-hybridized carbons (Fsp3) is 0.462. The molecule has 3 nitrogen and oxygen atoms in total. The van der Waals surface area contributed by atoms with Crippen molar-refractivity contribution < 1.29 is 9.90 Å². The molecule has 1 aliphatic rings. The molecule has 1 N–H and O–H groups in total. The summed E-state index contributed by atoms with van der Waals surface area (Å²) in [6, 6.07) is 10.2. The summed E-state index contributed by atoms with van der Waals surface area (Å²) in [7, 11) is 0. The zero-order valence-corrected chi connectivity index (χ0v) is 9.52. The second kappa shape index (κ2) is 4.26. The summed E-state index contributed by atoms with van der Waals surface area (Å²) in [5, 5.41) is 9.13. The van der Waals surface area contributed by atoms with Crippen molar-refractivity contribution >= 4 is 5.97 Å². The van der Waals surface area contributed by atoms with E-state index in [0.29, 0.717) is 6.54 Å². The first-order valence-electron chi connectivity index (χ1n) is 5.60. The van der Waals surface area contributed by atoms with E-state index >= 15 is 0 Å². The van der Waals surface area contributed by atoms with Crippen LogP contribution in [0.1, 0.15) is 18.9 Å². The highest BCUT2D eigenvalue weighted by atomic mass is 16.4. The Kier molecular flexibility index (Phi) is 2.97. The number of carboxylic acids is 1. The Morgan fingerprint density at radius 1 is 1.44 bits per heavy atom. The lowest BCUT2D eigenvalue weighted by Gasteiger charge is -2.19. The fourth-order valence-corrected chi connectivity index (χ4v) is 2.21. The second-order valence-corrected chi connectivity index (χ2v) is 4.81. The molecule has 0 amide bonds. The van der Waals surface area contributed by atoms with Crippen molar-refractivity contribution in [2.45, 2.75) is 19.9 Å². The molecule has 1 saturated heterocycles. The van der Waals surface area contributed by atoms with Gasteiger partial charge in [-0.05, 0) is 25.5 Å². The molecular formula is C13H17NO2. The summed E-state index contributed by atoms with van der Waals surface area (Å²) in [4.78, 5) is 13.3. The van der Waals surface area contributed by atoms with Crippen LogP contribution in [-0.4, -0.2) is 29.1 Å². The number of rotatable bonds is 3. The molecule has 1 aromatic carbocycles. The molecule has 2 rings (SSSR count).